The van der Waals surface area contributed by atoms with Crippen LogP contribution < -0.4 is 10.1 Å². The number of hydrogen-bond donors (Lipinski definition) is 1. The van der Waals surface area contributed by atoms with Crippen LogP contribution in [0.3, 0.4) is 0 Å². The molecule has 0 bridgehead atoms. The Labute approximate surface area is 233 Å². The van der Waals surface area contributed by atoms with E-state index in [0.717, 1.165) is 57.7 Å². The number of piperidine rings is 1. The van der Waals surface area contributed by atoms with Crippen LogP contribution in [0.1, 0.15) is 52.8 Å². The van der Waals surface area contributed by atoms with Crippen molar-refractivity contribution >= 4 is 17.3 Å². The van der Waals surface area contributed by atoms with E-state index in [2.05, 4.69) is 32.1 Å². The molecule has 1 aromatic heterocycles. The number of ether oxygens (including phenoxy) is 1. The zero-order valence-corrected chi connectivity index (χ0v) is 23.4. The molecule has 0 unspecified atom stereocenters. The number of benzene rings is 1. The molecule has 1 aliphatic carbocycles. The summed E-state index contributed by atoms with van der Waals surface area (Å²) in [6.45, 7) is 8.03. The molecule has 3 heterocycles. The minimum absolute atomic E-state index is 0.0179. The minimum Gasteiger partial charge on any atom is -0.496 e. The third kappa shape index (κ3) is 5.95. The van der Waals surface area contributed by atoms with Gasteiger partial charge in [0.2, 0.25) is 0 Å². The zero-order valence-electron chi connectivity index (χ0n) is 23.4. The number of methoxy groups -OCH3 is 1. The van der Waals surface area contributed by atoms with Gasteiger partial charge < -0.3 is 19.9 Å². The average Bonchev–Trinajstić information content (AvgIpc) is 3.39. The number of carbonyl (C=O) groups excluding carboxylic acids is 1. The first kappa shape index (κ1) is 28.4. The second kappa shape index (κ2) is 11.7. The Balaban J connectivity index is 1.28. The molecule has 2 fully saturated rings. The highest BCUT2D eigenvalue weighted by molar-refractivity contribution is 5.95. The second-order valence-corrected chi connectivity index (χ2v) is 10.7. The standard InChI is InChI=1S/C29H37F3N6O2/c1-4-33-27-26-22(29(30,31)32)7-8-23(26)34-25(35-27)18-19-5-6-20(17-24(19)40-3)28(39)38-11-9-21(10-12-38)37-15-13-36(2)14-16-37/h5-7,17,21H,4,8-16,18H2,1-3H3,(H,33,34,35). The Kier molecular flexibility index (Phi) is 8.32. The maximum absolute atomic E-state index is 13.6. The van der Waals surface area contributed by atoms with Gasteiger partial charge in [0.25, 0.3) is 5.91 Å². The van der Waals surface area contributed by atoms with Gasteiger partial charge in [-0.15, -0.1) is 0 Å². The van der Waals surface area contributed by atoms with Crippen LogP contribution in [0.15, 0.2) is 24.3 Å². The molecule has 5 rings (SSSR count). The summed E-state index contributed by atoms with van der Waals surface area (Å²) in [5.41, 5.74) is 1.01. The second-order valence-electron chi connectivity index (χ2n) is 10.7. The summed E-state index contributed by atoms with van der Waals surface area (Å²) in [4.78, 5) is 29.1. The molecular weight excluding hydrogens is 521 g/mol. The van der Waals surface area contributed by atoms with E-state index in [1.807, 2.05) is 17.9 Å². The Morgan fingerprint density at radius 1 is 1.10 bits per heavy atom. The number of anilines is 1. The van der Waals surface area contributed by atoms with Gasteiger partial charge in [-0.05, 0) is 38.9 Å². The molecule has 1 aromatic carbocycles. The number of amides is 1. The van der Waals surface area contributed by atoms with Gasteiger partial charge in [-0.25, -0.2) is 9.97 Å². The first-order valence-electron chi connectivity index (χ1n) is 14.0. The van der Waals surface area contributed by atoms with E-state index < -0.39 is 11.7 Å². The van der Waals surface area contributed by atoms with Crippen molar-refractivity contribution in [3.63, 3.8) is 0 Å². The van der Waals surface area contributed by atoms with Crippen LogP contribution in [0.2, 0.25) is 0 Å². The number of hydrogen-bond acceptors (Lipinski definition) is 7. The van der Waals surface area contributed by atoms with Gasteiger partial charge in [0, 0.05) is 75.8 Å². The van der Waals surface area contributed by atoms with E-state index in [9.17, 15) is 18.0 Å². The summed E-state index contributed by atoms with van der Waals surface area (Å²) in [5.74, 6) is 1.10. The molecule has 2 aromatic rings. The lowest BCUT2D eigenvalue weighted by Crippen LogP contribution is -2.52. The van der Waals surface area contributed by atoms with E-state index >= 15 is 0 Å². The average molecular weight is 559 g/mol. The number of likely N-dealkylation sites (N-methyl/N-ethyl adjacent to an activating group) is 1. The van der Waals surface area contributed by atoms with Crippen LogP contribution in [0.25, 0.3) is 5.57 Å². The smallest absolute Gasteiger partial charge is 0.416 e. The Bertz CT molecular complexity index is 1270. The van der Waals surface area contributed by atoms with E-state index in [1.54, 1.807) is 19.2 Å². The highest BCUT2D eigenvalue weighted by Crippen LogP contribution is 2.42. The van der Waals surface area contributed by atoms with Crippen LogP contribution in [0, 0.1) is 0 Å². The monoisotopic (exact) mass is 558 g/mol. The topological polar surface area (TPSA) is 73.8 Å². The van der Waals surface area contributed by atoms with E-state index in [0.29, 0.717) is 35.4 Å². The van der Waals surface area contributed by atoms with Gasteiger partial charge in [-0.2, -0.15) is 13.2 Å². The SMILES string of the molecule is CCNc1nc(Cc2ccc(C(=O)N3CCC(N4CCN(C)CC4)CC3)cc2OC)nc2c1C(C(F)(F)F)=CC2. The van der Waals surface area contributed by atoms with Crippen LogP contribution >= 0.6 is 0 Å². The number of carbonyl (C=O) groups is 1. The highest BCUT2D eigenvalue weighted by atomic mass is 19.4. The van der Waals surface area contributed by atoms with Crippen molar-refractivity contribution in [3.05, 3.63) is 52.5 Å². The molecule has 1 N–H and O–H groups in total. The van der Waals surface area contributed by atoms with Crippen molar-refractivity contribution in [1.82, 2.24) is 24.7 Å². The summed E-state index contributed by atoms with van der Waals surface area (Å²) in [5, 5.41) is 2.97. The zero-order chi connectivity index (χ0) is 28.4. The van der Waals surface area contributed by atoms with E-state index in [1.165, 1.54) is 6.08 Å². The molecule has 11 heteroatoms. The van der Waals surface area contributed by atoms with Gasteiger partial charge in [-0.1, -0.05) is 12.1 Å². The molecule has 2 saturated heterocycles. The molecule has 8 nitrogen and oxygen atoms in total. The lowest BCUT2D eigenvalue weighted by atomic mass is 10.0. The van der Waals surface area contributed by atoms with Crippen LogP contribution in [-0.2, 0) is 12.8 Å². The van der Waals surface area contributed by atoms with Crippen LogP contribution in [0.5, 0.6) is 5.75 Å². The van der Waals surface area contributed by atoms with Crippen molar-refractivity contribution in [2.45, 2.75) is 44.8 Å². The molecule has 1 amide bonds. The fourth-order valence-electron chi connectivity index (χ4n) is 5.92. The van der Waals surface area contributed by atoms with Crippen LogP contribution in [0.4, 0.5) is 19.0 Å². The Hall–Kier alpha value is -3.18. The molecule has 0 saturated carbocycles. The molecular formula is C29H37F3N6O2. The van der Waals surface area contributed by atoms with Gasteiger partial charge in [0.1, 0.15) is 17.4 Å². The van der Waals surface area contributed by atoms with Gasteiger partial charge in [0.15, 0.2) is 0 Å². The molecule has 40 heavy (non-hydrogen) atoms. The van der Waals surface area contributed by atoms with Gasteiger partial charge in [-0.3, -0.25) is 9.69 Å². The molecule has 216 valence electrons. The minimum atomic E-state index is -4.47. The van der Waals surface area contributed by atoms with Gasteiger partial charge >= 0.3 is 6.18 Å². The summed E-state index contributed by atoms with van der Waals surface area (Å²) < 4.78 is 46.3. The van der Waals surface area contributed by atoms with Crippen molar-refractivity contribution in [1.29, 1.82) is 0 Å². The lowest BCUT2D eigenvalue weighted by Gasteiger charge is -2.42. The first-order chi connectivity index (χ1) is 19.2. The normalized spacial score (nSPS) is 18.9. The first-order valence-corrected chi connectivity index (χ1v) is 14.0. The highest BCUT2D eigenvalue weighted by Gasteiger charge is 2.40. The fraction of sp³-hybridized carbons (Fsp3) is 0.552. The van der Waals surface area contributed by atoms with Crippen molar-refractivity contribution in [2.75, 3.05) is 65.3 Å². The third-order valence-corrected chi connectivity index (χ3v) is 8.14. The number of likely N-dealkylation sites (tertiary alicyclic amines) is 1. The van der Waals surface area contributed by atoms with Crippen molar-refractivity contribution in [2.24, 2.45) is 0 Å². The third-order valence-electron chi connectivity index (χ3n) is 8.14. The predicted octanol–water partition coefficient (Wildman–Crippen LogP) is 3.86. The number of nitrogens with zero attached hydrogens (tertiary/aromatic N) is 5. The van der Waals surface area contributed by atoms with Crippen molar-refractivity contribution in [3.8, 4) is 5.75 Å². The predicted molar refractivity (Wildman–Crippen MR) is 148 cm³/mol. The van der Waals surface area contributed by atoms with E-state index in [-0.39, 0.29) is 30.1 Å². The number of allylic oxidation sites excluding steroid dienone is 2. The Morgan fingerprint density at radius 3 is 2.48 bits per heavy atom. The Morgan fingerprint density at radius 2 is 1.82 bits per heavy atom. The number of nitrogens with one attached hydrogen (secondary N) is 1. The summed E-state index contributed by atoms with van der Waals surface area (Å²) in [6, 6.07) is 5.88. The van der Waals surface area contributed by atoms with Gasteiger partial charge in [0.05, 0.1) is 23.9 Å². The number of aromatic nitrogens is 2. The molecule has 3 aliphatic rings. The lowest BCUT2D eigenvalue weighted by molar-refractivity contribution is -0.0687. The maximum Gasteiger partial charge on any atom is 0.416 e. The summed E-state index contributed by atoms with van der Waals surface area (Å²) in [6.07, 6.45) is -0.987. The van der Waals surface area contributed by atoms with Crippen LogP contribution in [-0.4, -0.2) is 103 Å². The number of alkyl halides is 3. The summed E-state index contributed by atoms with van der Waals surface area (Å²) >= 11 is 0. The van der Waals surface area contributed by atoms with Crippen molar-refractivity contribution < 1.29 is 22.7 Å². The molecule has 0 radical (unpaired) electrons. The quantitative estimate of drug-likeness (QED) is 0.553. The largest absolute Gasteiger partial charge is 0.496 e. The molecule has 0 spiro atoms. The number of piperazine rings is 1. The molecule has 2 aliphatic heterocycles. The van der Waals surface area contributed by atoms with E-state index in [4.69, 9.17) is 4.74 Å². The number of halogens is 3. The fourth-order valence-corrected chi connectivity index (χ4v) is 5.92. The summed E-state index contributed by atoms with van der Waals surface area (Å²) in [7, 11) is 3.70. The molecule has 0 atom stereocenters. The number of rotatable bonds is 7. The number of fused-ring (bicyclic) bond motifs is 1. The maximum atomic E-state index is 13.6.